The van der Waals surface area contributed by atoms with Crippen LogP contribution in [-0.2, 0) is 20.7 Å². The van der Waals surface area contributed by atoms with Gasteiger partial charge in [-0.2, -0.15) is 0 Å². The maximum Gasteiger partial charge on any atom is 0.243 e. The first-order chi connectivity index (χ1) is 15.5. The molecule has 0 spiro atoms. The van der Waals surface area contributed by atoms with Crippen LogP contribution in [0.4, 0.5) is 0 Å². The van der Waals surface area contributed by atoms with Gasteiger partial charge in [0.25, 0.3) is 0 Å². The highest BCUT2D eigenvalue weighted by molar-refractivity contribution is 6.30. The Morgan fingerprint density at radius 3 is 2.59 bits per heavy atom. The fourth-order valence-electron chi connectivity index (χ4n) is 4.15. The molecule has 1 aromatic rings. The molecule has 0 aromatic heterocycles. The van der Waals surface area contributed by atoms with Crippen LogP contribution in [-0.4, -0.2) is 84.1 Å². The summed E-state index contributed by atoms with van der Waals surface area (Å²) in [6.45, 7) is 10.1. The molecule has 1 heterocycles. The predicted octanol–water partition coefficient (Wildman–Crippen LogP) is 2.38. The molecule has 0 unspecified atom stereocenters. The van der Waals surface area contributed by atoms with E-state index < -0.39 is 0 Å². The highest BCUT2D eigenvalue weighted by Crippen LogP contribution is 2.27. The first-order valence-corrected chi connectivity index (χ1v) is 11.7. The Balaban J connectivity index is 1.56. The molecule has 1 amide bonds. The summed E-state index contributed by atoms with van der Waals surface area (Å²) in [6.07, 6.45) is 3.46. The normalized spacial score (nSPS) is 19.0. The molecule has 0 aliphatic carbocycles. The summed E-state index contributed by atoms with van der Waals surface area (Å²) in [4.78, 5) is 13.4. The van der Waals surface area contributed by atoms with Gasteiger partial charge in [0.1, 0.15) is 5.75 Å². The molecule has 1 aliphatic rings. The Morgan fingerprint density at radius 1 is 1.16 bits per heavy atom. The molecule has 2 N–H and O–H groups in total. The number of carbonyl (C=O) groups is 1. The van der Waals surface area contributed by atoms with Crippen LogP contribution in [0.3, 0.4) is 0 Å². The minimum Gasteiger partial charge on any atom is -0.497 e. The lowest BCUT2D eigenvalue weighted by Gasteiger charge is -2.36. The minimum atomic E-state index is -0.184. The van der Waals surface area contributed by atoms with E-state index in [9.17, 15) is 4.79 Å². The summed E-state index contributed by atoms with van der Waals surface area (Å²) in [7, 11) is 3.87. The summed E-state index contributed by atoms with van der Waals surface area (Å²) >= 11 is 6.23. The molecule has 2 atom stereocenters. The van der Waals surface area contributed by atoms with Gasteiger partial charge in [0.2, 0.25) is 5.91 Å². The Kier molecular flexibility index (Phi) is 12.7. The number of amides is 1. The summed E-state index contributed by atoms with van der Waals surface area (Å²) < 4.78 is 16.4. The molecular formula is C24H38ClN3O4. The van der Waals surface area contributed by atoms with Crippen molar-refractivity contribution >= 4 is 17.5 Å². The number of ether oxygens (including phenoxy) is 3. The van der Waals surface area contributed by atoms with E-state index >= 15 is 0 Å². The fraction of sp³-hybridized carbons (Fsp3) is 0.625. The van der Waals surface area contributed by atoms with E-state index in [2.05, 4.69) is 35.2 Å². The summed E-state index contributed by atoms with van der Waals surface area (Å²) in [6, 6.07) is 5.99. The number of nitrogens with zero attached hydrogens (tertiary/aromatic N) is 1. The Hall–Kier alpha value is -1.64. The lowest BCUT2D eigenvalue weighted by atomic mass is 9.85. The van der Waals surface area contributed by atoms with Crippen molar-refractivity contribution in [2.45, 2.75) is 12.8 Å². The van der Waals surface area contributed by atoms with E-state index in [1.807, 2.05) is 12.1 Å². The maximum absolute atomic E-state index is 11.0. The molecule has 1 fully saturated rings. The van der Waals surface area contributed by atoms with E-state index in [0.717, 1.165) is 43.4 Å². The van der Waals surface area contributed by atoms with Gasteiger partial charge in [0.05, 0.1) is 33.5 Å². The highest BCUT2D eigenvalue weighted by atomic mass is 35.5. The van der Waals surface area contributed by atoms with Crippen molar-refractivity contribution in [3.63, 3.8) is 0 Å². The van der Waals surface area contributed by atoms with Crippen LogP contribution in [0.5, 0.6) is 5.75 Å². The second-order valence-electron chi connectivity index (χ2n) is 8.32. The van der Waals surface area contributed by atoms with E-state index in [4.69, 9.17) is 25.8 Å². The zero-order chi connectivity index (χ0) is 23.2. The highest BCUT2D eigenvalue weighted by Gasteiger charge is 2.25. The predicted molar refractivity (Wildman–Crippen MR) is 129 cm³/mol. The first kappa shape index (κ1) is 26.6. The molecule has 0 saturated carbocycles. The van der Waals surface area contributed by atoms with E-state index in [-0.39, 0.29) is 5.91 Å². The number of benzene rings is 1. The quantitative estimate of drug-likeness (QED) is 0.305. The molecule has 0 bridgehead atoms. The summed E-state index contributed by atoms with van der Waals surface area (Å²) in [5.41, 5.74) is 1.24. The van der Waals surface area contributed by atoms with Crippen LogP contribution < -0.4 is 15.4 Å². The Morgan fingerprint density at radius 2 is 1.88 bits per heavy atom. The molecule has 2 rings (SSSR count). The number of carbonyl (C=O) groups excluding carboxylic acids is 1. The molecule has 1 saturated heterocycles. The number of piperidine rings is 1. The number of hydrogen-bond donors (Lipinski definition) is 2. The van der Waals surface area contributed by atoms with Gasteiger partial charge in [-0.15, -0.1) is 0 Å². The van der Waals surface area contributed by atoms with Gasteiger partial charge in [-0.05, 0) is 68.1 Å². The SMILES string of the molecule is C=CC(=O)NCCOCCOCCNC[C@@H]1C[C@H](Cc2cc(Cl)cc(OC)c2)CN(C)C1. The van der Waals surface area contributed by atoms with Crippen LogP contribution in [0.25, 0.3) is 0 Å². The fourth-order valence-corrected chi connectivity index (χ4v) is 4.40. The monoisotopic (exact) mass is 467 g/mol. The van der Waals surface area contributed by atoms with Crippen molar-refractivity contribution in [1.29, 1.82) is 0 Å². The second kappa shape index (κ2) is 15.2. The van der Waals surface area contributed by atoms with Crippen molar-refractivity contribution in [3.8, 4) is 5.75 Å². The van der Waals surface area contributed by atoms with Gasteiger partial charge >= 0.3 is 0 Å². The van der Waals surface area contributed by atoms with Crippen LogP contribution >= 0.6 is 11.6 Å². The van der Waals surface area contributed by atoms with E-state index in [1.165, 1.54) is 18.1 Å². The smallest absolute Gasteiger partial charge is 0.243 e. The number of hydrogen-bond acceptors (Lipinski definition) is 6. The average molecular weight is 468 g/mol. The number of halogens is 1. The van der Waals surface area contributed by atoms with Gasteiger partial charge in [0.15, 0.2) is 0 Å². The van der Waals surface area contributed by atoms with Crippen molar-refractivity contribution in [2.75, 3.05) is 73.3 Å². The van der Waals surface area contributed by atoms with Crippen molar-refractivity contribution in [2.24, 2.45) is 11.8 Å². The molecule has 0 radical (unpaired) electrons. The number of rotatable bonds is 15. The molecule has 32 heavy (non-hydrogen) atoms. The summed E-state index contributed by atoms with van der Waals surface area (Å²) in [5, 5.41) is 6.92. The molecule has 1 aliphatic heterocycles. The van der Waals surface area contributed by atoms with E-state index in [0.29, 0.717) is 44.8 Å². The van der Waals surface area contributed by atoms with Crippen molar-refractivity contribution < 1.29 is 19.0 Å². The Labute approximate surface area is 197 Å². The summed E-state index contributed by atoms with van der Waals surface area (Å²) in [5.74, 6) is 1.86. The second-order valence-corrected chi connectivity index (χ2v) is 8.75. The zero-order valence-electron chi connectivity index (χ0n) is 19.4. The molecule has 1 aromatic carbocycles. The number of nitrogens with one attached hydrogen (secondary N) is 2. The third-order valence-corrected chi connectivity index (χ3v) is 5.68. The van der Waals surface area contributed by atoms with Crippen LogP contribution in [0.2, 0.25) is 5.02 Å². The minimum absolute atomic E-state index is 0.184. The van der Waals surface area contributed by atoms with Gasteiger partial charge < -0.3 is 29.7 Å². The van der Waals surface area contributed by atoms with Gasteiger partial charge in [0, 0.05) is 31.2 Å². The molecular weight excluding hydrogens is 430 g/mol. The van der Waals surface area contributed by atoms with E-state index in [1.54, 1.807) is 7.11 Å². The van der Waals surface area contributed by atoms with Crippen LogP contribution in [0.1, 0.15) is 12.0 Å². The maximum atomic E-state index is 11.0. The third kappa shape index (κ3) is 10.8. The number of methoxy groups -OCH3 is 1. The molecule has 7 nitrogen and oxygen atoms in total. The van der Waals surface area contributed by atoms with Gasteiger partial charge in [-0.25, -0.2) is 0 Å². The van der Waals surface area contributed by atoms with Gasteiger partial charge in [-0.1, -0.05) is 18.2 Å². The Bertz CT molecular complexity index is 704. The van der Waals surface area contributed by atoms with Crippen LogP contribution in [0.15, 0.2) is 30.9 Å². The topological polar surface area (TPSA) is 72.1 Å². The largest absolute Gasteiger partial charge is 0.497 e. The lowest BCUT2D eigenvalue weighted by Crippen LogP contribution is -2.42. The molecule has 180 valence electrons. The standard InChI is InChI=1S/C24H38ClN3O4/c1-4-24(29)27-6-8-32-10-9-31-7-5-26-16-21-12-20(17-28(2)18-21)11-19-13-22(25)15-23(14-19)30-3/h4,13-15,20-21,26H,1,5-12,16-18H2,2-3H3,(H,27,29)/t20-,21-/m0/s1. The van der Waals surface area contributed by atoms with Crippen molar-refractivity contribution in [1.82, 2.24) is 15.5 Å². The number of likely N-dealkylation sites (tertiary alicyclic amines) is 1. The third-order valence-electron chi connectivity index (χ3n) is 5.46. The zero-order valence-corrected chi connectivity index (χ0v) is 20.2. The van der Waals surface area contributed by atoms with Crippen LogP contribution in [0, 0.1) is 11.8 Å². The lowest BCUT2D eigenvalue weighted by molar-refractivity contribution is -0.116. The molecule has 8 heteroatoms. The first-order valence-electron chi connectivity index (χ1n) is 11.3. The van der Waals surface area contributed by atoms with Crippen molar-refractivity contribution in [3.05, 3.63) is 41.4 Å². The van der Waals surface area contributed by atoms with Gasteiger partial charge in [-0.3, -0.25) is 4.79 Å². The average Bonchev–Trinajstić information content (AvgIpc) is 2.76.